The molecule has 4 nitrogen and oxygen atoms in total. The summed E-state index contributed by atoms with van der Waals surface area (Å²) in [6.07, 6.45) is 9.20. The molecule has 17 heavy (non-hydrogen) atoms. The highest BCUT2D eigenvalue weighted by Crippen LogP contribution is 2.33. The summed E-state index contributed by atoms with van der Waals surface area (Å²) in [7, 11) is 0. The minimum Gasteiger partial charge on any atom is -0.342 e. The lowest BCUT2D eigenvalue weighted by molar-refractivity contribution is -0.139. The Kier molecular flexibility index (Phi) is 3.10. The van der Waals surface area contributed by atoms with Crippen molar-refractivity contribution in [2.45, 2.75) is 50.6 Å². The van der Waals surface area contributed by atoms with E-state index in [2.05, 4.69) is 11.2 Å². The van der Waals surface area contributed by atoms with E-state index in [1.165, 1.54) is 0 Å². The van der Waals surface area contributed by atoms with Crippen LogP contribution in [0.15, 0.2) is 0 Å². The molecule has 1 unspecified atom stereocenters. The summed E-state index contributed by atoms with van der Waals surface area (Å²) in [5.74, 6) is 2.55. The van der Waals surface area contributed by atoms with E-state index in [0.29, 0.717) is 13.0 Å². The number of rotatable bonds is 1. The second kappa shape index (κ2) is 4.40. The molecule has 2 amide bonds. The lowest BCUT2D eigenvalue weighted by Crippen LogP contribution is -2.56. The van der Waals surface area contributed by atoms with Crippen LogP contribution in [0.3, 0.4) is 0 Å². The predicted molar refractivity (Wildman–Crippen MR) is 64.0 cm³/mol. The van der Waals surface area contributed by atoms with Gasteiger partial charge in [-0.25, -0.2) is 0 Å². The van der Waals surface area contributed by atoms with Gasteiger partial charge in [-0.2, -0.15) is 0 Å². The molecule has 1 aliphatic carbocycles. The Hall–Kier alpha value is -1.50. The van der Waals surface area contributed by atoms with Crippen LogP contribution in [0.2, 0.25) is 0 Å². The Balaban J connectivity index is 2.29. The first-order chi connectivity index (χ1) is 8.09. The first-order valence-corrected chi connectivity index (χ1v) is 6.17. The molecule has 1 saturated heterocycles. The quantitative estimate of drug-likeness (QED) is 0.678. The number of carbonyl (C=O) groups excluding carboxylic acids is 2. The molecule has 1 N–H and O–H groups in total. The van der Waals surface area contributed by atoms with Gasteiger partial charge in [0.1, 0.15) is 5.54 Å². The molecule has 1 aliphatic heterocycles. The van der Waals surface area contributed by atoms with Gasteiger partial charge < -0.3 is 10.2 Å². The van der Waals surface area contributed by atoms with Crippen LogP contribution in [0.4, 0.5) is 0 Å². The second-order valence-corrected chi connectivity index (χ2v) is 4.93. The van der Waals surface area contributed by atoms with Crippen molar-refractivity contribution in [3.05, 3.63) is 0 Å². The molecule has 2 fully saturated rings. The number of nitrogens with one attached hydrogen (secondary N) is 1. The van der Waals surface area contributed by atoms with E-state index in [1.54, 1.807) is 4.90 Å². The Morgan fingerprint density at radius 2 is 2.06 bits per heavy atom. The van der Waals surface area contributed by atoms with Gasteiger partial charge in [-0.1, -0.05) is 18.8 Å². The zero-order valence-electron chi connectivity index (χ0n) is 10.2. The third-order valence-corrected chi connectivity index (χ3v) is 3.79. The molecule has 0 aromatic carbocycles. The molecule has 92 valence electrons. The molecule has 1 saturated carbocycles. The van der Waals surface area contributed by atoms with E-state index in [0.717, 1.165) is 25.7 Å². The fourth-order valence-corrected chi connectivity index (χ4v) is 2.76. The van der Waals surface area contributed by atoms with Gasteiger partial charge in [0.25, 0.3) is 0 Å². The zero-order valence-corrected chi connectivity index (χ0v) is 10.2. The molecule has 1 heterocycles. The van der Waals surface area contributed by atoms with Gasteiger partial charge in [0.15, 0.2) is 0 Å². The number of hydrogen-bond acceptors (Lipinski definition) is 2. The van der Waals surface area contributed by atoms with E-state index < -0.39 is 5.54 Å². The van der Waals surface area contributed by atoms with E-state index in [1.807, 2.05) is 6.92 Å². The summed E-state index contributed by atoms with van der Waals surface area (Å²) in [5.41, 5.74) is -0.668. The first kappa shape index (κ1) is 12.0. The highest BCUT2D eigenvalue weighted by Gasteiger charge is 2.47. The molecule has 0 bridgehead atoms. The van der Waals surface area contributed by atoms with Crippen LogP contribution in [-0.4, -0.2) is 34.8 Å². The zero-order chi connectivity index (χ0) is 12.5. The second-order valence-electron chi connectivity index (χ2n) is 4.93. The molecule has 4 heteroatoms. The van der Waals surface area contributed by atoms with Crippen LogP contribution in [0.1, 0.15) is 39.0 Å². The molecule has 0 radical (unpaired) electrons. The summed E-state index contributed by atoms with van der Waals surface area (Å²) >= 11 is 0. The van der Waals surface area contributed by atoms with E-state index >= 15 is 0 Å². The van der Waals surface area contributed by atoms with E-state index in [9.17, 15) is 9.59 Å². The summed E-state index contributed by atoms with van der Waals surface area (Å²) < 4.78 is 0. The summed E-state index contributed by atoms with van der Waals surface area (Å²) in [5, 5.41) is 2.91. The van der Waals surface area contributed by atoms with Crippen molar-refractivity contribution in [2.75, 3.05) is 6.54 Å². The minimum absolute atomic E-state index is 0.00583. The van der Waals surface area contributed by atoms with Crippen molar-refractivity contribution < 1.29 is 9.59 Å². The molecule has 1 spiro atoms. The van der Waals surface area contributed by atoms with Crippen molar-refractivity contribution in [1.29, 1.82) is 0 Å². The van der Waals surface area contributed by atoms with Gasteiger partial charge in [0.2, 0.25) is 11.8 Å². The number of amides is 2. The monoisotopic (exact) mass is 234 g/mol. The standard InChI is InChI=1S/C13H18N2O2/c1-3-10(2)15-9-6-11(16)14-13(12(15)17)7-4-5-8-13/h1,10H,4-9H2,2H3,(H,14,16). The van der Waals surface area contributed by atoms with Crippen molar-refractivity contribution in [2.24, 2.45) is 0 Å². The third kappa shape index (κ3) is 2.02. The maximum atomic E-state index is 12.5. The van der Waals surface area contributed by atoms with Crippen LogP contribution in [0.5, 0.6) is 0 Å². The van der Waals surface area contributed by atoms with Gasteiger partial charge in [0, 0.05) is 13.0 Å². The first-order valence-electron chi connectivity index (χ1n) is 6.17. The maximum Gasteiger partial charge on any atom is 0.249 e. The average molecular weight is 234 g/mol. The lowest BCUT2D eigenvalue weighted by atomic mass is 9.95. The van der Waals surface area contributed by atoms with Crippen molar-refractivity contribution in [1.82, 2.24) is 10.2 Å². The maximum absolute atomic E-state index is 12.5. The Morgan fingerprint density at radius 3 is 2.65 bits per heavy atom. The van der Waals surface area contributed by atoms with Crippen molar-refractivity contribution in [3.8, 4) is 12.3 Å². The van der Waals surface area contributed by atoms with Crippen LogP contribution >= 0.6 is 0 Å². The van der Waals surface area contributed by atoms with Gasteiger partial charge in [-0.3, -0.25) is 9.59 Å². The van der Waals surface area contributed by atoms with Crippen molar-refractivity contribution >= 4 is 11.8 Å². The Bertz CT molecular complexity index is 377. The number of carbonyl (C=O) groups is 2. The number of nitrogens with zero attached hydrogens (tertiary/aromatic N) is 1. The van der Waals surface area contributed by atoms with E-state index in [4.69, 9.17) is 6.42 Å². The number of terminal acetylenes is 1. The van der Waals surface area contributed by atoms with Gasteiger partial charge in [-0.15, -0.1) is 6.42 Å². The lowest BCUT2D eigenvalue weighted by Gasteiger charge is -2.33. The molecular weight excluding hydrogens is 216 g/mol. The normalized spacial score (nSPS) is 25.3. The SMILES string of the molecule is C#CC(C)N1CCC(=O)NC2(CCCC2)C1=O. The molecule has 0 aromatic rings. The highest BCUT2D eigenvalue weighted by molar-refractivity contribution is 5.94. The van der Waals surface area contributed by atoms with Crippen molar-refractivity contribution in [3.63, 3.8) is 0 Å². The molecule has 2 rings (SSSR count). The number of hydrogen-bond donors (Lipinski definition) is 1. The smallest absolute Gasteiger partial charge is 0.249 e. The van der Waals surface area contributed by atoms with Gasteiger partial charge in [-0.05, 0) is 19.8 Å². The minimum atomic E-state index is -0.668. The fourth-order valence-electron chi connectivity index (χ4n) is 2.76. The highest BCUT2D eigenvalue weighted by atomic mass is 16.2. The largest absolute Gasteiger partial charge is 0.342 e. The summed E-state index contributed by atoms with van der Waals surface area (Å²) in [6.45, 7) is 2.26. The molecule has 2 aliphatic rings. The van der Waals surface area contributed by atoms with E-state index in [-0.39, 0.29) is 17.9 Å². The molecular formula is C13H18N2O2. The Morgan fingerprint density at radius 1 is 1.41 bits per heavy atom. The third-order valence-electron chi connectivity index (χ3n) is 3.79. The average Bonchev–Trinajstić information content (AvgIpc) is 2.73. The Labute approximate surface area is 102 Å². The van der Waals surface area contributed by atoms with Gasteiger partial charge >= 0.3 is 0 Å². The van der Waals surface area contributed by atoms with Crippen LogP contribution < -0.4 is 5.32 Å². The predicted octanol–water partition coefficient (Wildman–Crippen LogP) is 0.669. The van der Waals surface area contributed by atoms with Gasteiger partial charge in [0.05, 0.1) is 6.04 Å². The van der Waals surface area contributed by atoms with Crippen LogP contribution in [-0.2, 0) is 9.59 Å². The van der Waals surface area contributed by atoms with Crippen LogP contribution in [0.25, 0.3) is 0 Å². The van der Waals surface area contributed by atoms with Crippen LogP contribution in [0, 0.1) is 12.3 Å². The molecule has 1 atom stereocenters. The summed E-state index contributed by atoms with van der Waals surface area (Å²) in [6, 6.07) is -0.243. The summed E-state index contributed by atoms with van der Waals surface area (Å²) in [4.78, 5) is 25.9. The molecule has 0 aromatic heterocycles. The topological polar surface area (TPSA) is 49.4 Å². The fraction of sp³-hybridized carbons (Fsp3) is 0.692.